The number of hydrogen-bond donors (Lipinski definition) is 1. The van der Waals surface area contributed by atoms with Gasteiger partial charge in [0.2, 0.25) is 0 Å². The van der Waals surface area contributed by atoms with Crippen LogP contribution in [0, 0.1) is 41.4 Å². The number of ketones is 2. The second kappa shape index (κ2) is 8.35. The fourth-order valence-electron chi connectivity index (χ4n) is 8.19. The highest BCUT2D eigenvalue weighted by atomic mass is 32.2. The van der Waals surface area contributed by atoms with Crippen LogP contribution in [0.2, 0.25) is 0 Å². The highest BCUT2D eigenvalue weighted by Crippen LogP contribution is 2.67. The largest absolute Gasteiger partial charge is 0.393 e. The molecule has 35 heavy (non-hydrogen) atoms. The molecule has 0 aromatic heterocycles. The number of aliphatic hydroxyl groups is 1. The molecule has 3 saturated carbocycles. The zero-order valence-electron chi connectivity index (χ0n) is 21.0. The van der Waals surface area contributed by atoms with E-state index in [4.69, 9.17) is 4.18 Å². The minimum absolute atomic E-state index is 0.0281. The molecule has 0 aliphatic heterocycles. The number of hydrogen-bond acceptors (Lipinski definition) is 6. The van der Waals surface area contributed by atoms with E-state index < -0.39 is 33.7 Å². The van der Waals surface area contributed by atoms with Crippen molar-refractivity contribution < 1.29 is 27.3 Å². The van der Waals surface area contributed by atoms with Crippen LogP contribution in [-0.4, -0.2) is 37.3 Å². The van der Waals surface area contributed by atoms with Crippen molar-refractivity contribution in [1.82, 2.24) is 0 Å². The Bertz CT molecular complexity index is 1180. The van der Waals surface area contributed by atoms with Gasteiger partial charge in [-0.3, -0.25) is 13.8 Å². The fourth-order valence-corrected chi connectivity index (χ4v) is 9.30. The molecule has 0 spiro atoms. The zero-order valence-corrected chi connectivity index (χ0v) is 21.8. The molecule has 0 radical (unpaired) electrons. The normalized spacial score (nSPS) is 40.9. The Morgan fingerprint density at radius 3 is 2.46 bits per heavy atom. The van der Waals surface area contributed by atoms with Crippen molar-refractivity contribution in [1.29, 1.82) is 0 Å². The number of aryl methyl sites for hydroxylation is 1. The smallest absolute Gasteiger partial charge is 0.297 e. The third kappa shape index (κ3) is 3.77. The lowest BCUT2D eigenvalue weighted by Crippen LogP contribution is -2.58. The quantitative estimate of drug-likeness (QED) is 0.616. The second-order valence-corrected chi connectivity index (χ2v) is 13.4. The van der Waals surface area contributed by atoms with E-state index in [0.29, 0.717) is 19.3 Å². The first-order valence-corrected chi connectivity index (χ1v) is 14.2. The number of aliphatic hydroxyl groups excluding tert-OH is 1. The van der Waals surface area contributed by atoms with Gasteiger partial charge in [0.15, 0.2) is 5.78 Å². The minimum atomic E-state index is -4.04. The molecule has 3 fully saturated rings. The maximum atomic E-state index is 13.3. The Hall–Kier alpha value is -1.83. The van der Waals surface area contributed by atoms with Gasteiger partial charge in [-0.2, -0.15) is 8.42 Å². The molecule has 4 aliphatic rings. The number of allylic oxidation sites excluding steroid dienone is 1. The van der Waals surface area contributed by atoms with E-state index in [2.05, 4.69) is 6.92 Å². The molecule has 0 heterocycles. The molecule has 1 aromatic carbocycles. The molecule has 0 amide bonds. The first-order valence-electron chi connectivity index (χ1n) is 12.8. The second-order valence-electron chi connectivity index (χ2n) is 11.8. The summed E-state index contributed by atoms with van der Waals surface area (Å²) in [7, 11) is -4.04. The molecule has 1 N–H and O–H groups in total. The van der Waals surface area contributed by atoms with Crippen LogP contribution in [0.5, 0.6) is 0 Å². The number of fused-ring (bicyclic) bond motifs is 5. The molecule has 0 saturated heterocycles. The molecule has 1 aromatic rings. The van der Waals surface area contributed by atoms with Crippen LogP contribution in [0.15, 0.2) is 40.8 Å². The zero-order chi connectivity index (χ0) is 25.3. The van der Waals surface area contributed by atoms with E-state index in [-0.39, 0.29) is 39.6 Å². The maximum absolute atomic E-state index is 13.3. The highest BCUT2D eigenvalue weighted by Gasteiger charge is 2.67. The summed E-state index contributed by atoms with van der Waals surface area (Å²) in [5.41, 5.74) is 1.17. The monoisotopic (exact) mass is 500 g/mol. The summed E-state index contributed by atoms with van der Waals surface area (Å²) in [5.74, 6) is -0.357. The summed E-state index contributed by atoms with van der Waals surface area (Å²) in [6.07, 6.45) is 4.07. The topological polar surface area (TPSA) is 97.7 Å². The van der Waals surface area contributed by atoms with E-state index >= 15 is 0 Å². The van der Waals surface area contributed by atoms with E-state index in [1.54, 1.807) is 31.2 Å². The van der Waals surface area contributed by atoms with E-state index in [9.17, 15) is 23.1 Å². The molecule has 6 nitrogen and oxygen atoms in total. The Balaban J connectivity index is 1.55. The van der Waals surface area contributed by atoms with Crippen molar-refractivity contribution in [2.24, 2.45) is 34.5 Å². The average molecular weight is 501 g/mol. The van der Waals surface area contributed by atoms with Gasteiger partial charge in [0, 0.05) is 17.8 Å². The highest BCUT2D eigenvalue weighted by molar-refractivity contribution is 7.86. The molecule has 4 aliphatic carbocycles. The van der Waals surface area contributed by atoms with Crippen molar-refractivity contribution in [2.45, 2.75) is 83.3 Å². The Kier molecular flexibility index (Phi) is 5.93. The van der Waals surface area contributed by atoms with Crippen LogP contribution < -0.4 is 0 Å². The summed E-state index contributed by atoms with van der Waals surface area (Å²) in [6.45, 7) is 7.60. The van der Waals surface area contributed by atoms with Gasteiger partial charge in [0.1, 0.15) is 5.78 Å². The number of Topliss-reactive ketones (excluding diaryl/α,β-unsaturated/α-hetero) is 1. The lowest BCUT2D eigenvalue weighted by molar-refractivity contribution is -0.155. The lowest BCUT2D eigenvalue weighted by Gasteiger charge is -2.59. The van der Waals surface area contributed by atoms with Gasteiger partial charge in [0.05, 0.1) is 17.1 Å². The molecule has 0 bridgehead atoms. The number of carbonyl (C=O) groups excluding carboxylic acids is 2. The van der Waals surface area contributed by atoms with Crippen molar-refractivity contribution in [3.63, 3.8) is 0 Å². The van der Waals surface area contributed by atoms with Crippen LogP contribution in [0.3, 0.4) is 0 Å². The number of carbonyl (C=O) groups is 2. The van der Waals surface area contributed by atoms with Crippen LogP contribution in [-0.2, 0) is 23.9 Å². The van der Waals surface area contributed by atoms with Crippen LogP contribution >= 0.6 is 0 Å². The van der Waals surface area contributed by atoms with Crippen molar-refractivity contribution in [3.8, 4) is 0 Å². The summed E-state index contributed by atoms with van der Waals surface area (Å²) < 4.78 is 32.6. The van der Waals surface area contributed by atoms with Gasteiger partial charge in [0.25, 0.3) is 10.1 Å². The lowest BCUT2D eigenvalue weighted by atomic mass is 9.45. The fraction of sp³-hybridized carbons (Fsp3) is 0.643. The van der Waals surface area contributed by atoms with Gasteiger partial charge in [-0.25, -0.2) is 0 Å². The molecular weight excluding hydrogens is 464 g/mol. The third-order valence-electron chi connectivity index (χ3n) is 10.1. The van der Waals surface area contributed by atoms with Gasteiger partial charge in [-0.05, 0) is 87.3 Å². The molecule has 190 valence electrons. The third-order valence-corrected chi connectivity index (χ3v) is 11.4. The molecule has 4 unspecified atom stereocenters. The Morgan fingerprint density at radius 2 is 1.80 bits per heavy atom. The molecule has 8 atom stereocenters. The SMILES string of the molecule is CC(=O)C1C[C@H](OS(=O)(=O)c2ccc(C)cc2)C2C3CCC4=CC(=O)CC[C@]4(C)C3C[C@@H](O)[C@]12C. The Labute approximate surface area is 208 Å². The summed E-state index contributed by atoms with van der Waals surface area (Å²) in [6, 6.07) is 6.59. The van der Waals surface area contributed by atoms with Gasteiger partial charge >= 0.3 is 0 Å². The van der Waals surface area contributed by atoms with Crippen molar-refractivity contribution in [2.75, 3.05) is 0 Å². The first-order chi connectivity index (χ1) is 16.4. The molecule has 5 rings (SSSR count). The average Bonchev–Trinajstić information content (AvgIpc) is 3.09. The van der Waals surface area contributed by atoms with Gasteiger partial charge in [-0.1, -0.05) is 37.1 Å². The van der Waals surface area contributed by atoms with Crippen molar-refractivity contribution in [3.05, 3.63) is 41.5 Å². The van der Waals surface area contributed by atoms with Crippen LogP contribution in [0.1, 0.15) is 64.9 Å². The first kappa shape index (κ1) is 24.8. The molecule has 7 heteroatoms. The summed E-state index contributed by atoms with van der Waals surface area (Å²) >= 11 is 0. The van der Waals surface area contributed by atoms with E-state index in [1.165, 1.54) is 0 Å². The number of rotatable bonds is 4. The van der Waals surface area contributed by atoms with Crippen molar-refractivity contribution >= 4 is 21.7 Å². The van der Waals surface area contributed by atoms with Gasteiger partial charge in [-0.15, -0.1) is 0 Å². The number of benzene rings is 1. The standard InChI is InChI=1S/C28H36O6S/c1-16-5-8-20(9-6-16)35(32,33)34-24-14-22(17(2)29)28(4)25(31)15-23-21(26(24)28)10-7-18-13-19(30)11-12-27(18,23)3/h5-6,8-9,13,21-26,31H,7,10-12,14-15H2,1-4H3/t21?,22?,23?,24-,25+,26?,27-,28-/m0/s1. The van der Waals surface area contributed by atoms with E-state index in [1.807, 2.05) is 19.9 Å². The Morgan fingerprint density at radius 1 is 1.11 bits per heavy atom. The summed E-state index contributed by atoms with van der Waals surface area (Å²) in [4.78, 5) is 25.1. The molecular formula is C28H36O6S. The predicted molar refractivity (Wildman–Crippen MR) is 131 cm³/mol. The van der Waals surface area contributed by atoms with E-state index in [0.717, 1.165) is 30.4 Å². The van der Waals surface area contributed by atoms with Crippen LogP contribution in [0.4, 0.5) is 0 Å². The van der Waals surface area contributed by atoms with Gasteiger partial charge < -0.3 is 5.11 Å². The maximum Gasteiger partial charge on any atom is 0.297 e. The predicted octanol–water partition coefficient (Wildman–Crippen LogP) is 4.39. The minimum Gasteiger partial charge on any atom is -0.393 e. The van der Waals surface area contributed by atoms with Crippen LogP contribution in [0.25, 0.3) is 0 Å². The summed E-state index contributed by atoms with van der Waals surface area (Å²) in [5, 5.41) is 11.6.